The molecule has 9 unspecified atom stereocenters. The molecule has 7 N–H and O–H groups in total. The Morgan fingerprint density at radius 1 is 0.694 bits per heavy atom. The molecule has 0 aromatic heterocycles. The first-order valence-corrected chi connectivity index (χ1v) is 24.1. The van der Waals surface area contributed by atoms with Gasteiger partial charge in [0.25, 0.3) is 0 Å². The van der Waals surface area contributed by atoms with Crippen LogP contribution in [0.5, 0.6) is 0 Å². The fourth-order valence-corrected chi connectivity index (χ4v) is 12.2. The Morgan fingerprint density at radius 3 is 1.95 bits per heavy atom. The van der Waals surface area contributed by atoms with Crippen LogP contribution >= 0.6 is 0 Å². The highest BCUT2D eigenvalue weighted by molar-refractivity contribution is 5.80. The molecule has 4 aliphatic rings. The van der Waals surface area contributed by atoms with Crippen molar-refractivity contribution in [1.82, 2.24) is 26.2 Å². The summed E-state index contributed by atoms with van der Waals surface area (Å²) in [6.07, 6.45) is 20.4. The van der Waals surface area contributed by atoms with Gasteiger partial charge in [0, 0.05) is 44.9 Å². The van der Waals surface area contributed by atoms with Crippen LogP contribution in [0.3, 0.4) is 0 Å². The van der Waals surface area contributed by atoms with Crippen molar-refractivity contribution in [3.8, 4) is 0 Å². The summed E-state index contributed by atoms with van der Waals surface area (Å²) in [6, 6.07) is -0.776. The number of amides is 3. The number of carboxylic acids is 3. The molecule has 3 amide bonds. The van der Waals surface area contributed by atoms with Gasteiger partial charge in [-0.2, -0.15) is 0 Å². The molecular formula is C48H81N5O9. The standard InChI is InChI=1S/C48H81N5O9/c1-32(2)11-10-12-33(3)37-17-18-38-36-16-15-34-29-35(19-23-47(34,4)39(36)20-24-48(37,38)5)49-25-9-7-14-41(54)51-27-22-43(56)52-28-21-42(55)50-26-8-6-13-40(46(61)62)53(30-44(57)58)31-45(59)60/h15,32-33,35-40,49H,6-14,16-31H2,1-5H3,(H,50,55)(H,51,54)(H,52,56)(H,57,58)(H,59,60)(H,61,62). The second-order valence-corrected chi connectivity index (χ2v) is 20.2. The molecule has 0 saturated heterocycles. The normalized spacial score (nSPS) is 27.6. The summed E-state index contributed by atoms with van der Waals surface area (Å²) >= 11 is 0. The molecule has 4 rings (SSSR count). The summed E-state index contributed by atoms with van der Waals surface area (Å²) in [4.78, 5) is 71.5. The summed E-state index contributed by atoms with van der Waals surface area (Å²) < 4.78 is 0. The zero-order valence-corrected chi connectivity index (χ0v) is 38.6. The van der Waals surface area contributed by atoms with Crippen molar-refractivity contribution in [3.63, 3.8) is 0 Å². The predicted octanol–water partition coefficient (Wildman–Crippen LogP) is 6.38. The number of rotatable bonds is 28. The Kier molecular flexibility index (Phi) is 20.2. The number of nitrogens with zero attached hydrogens (tertiary/aromatic N) is 1. The van der Waals surface area contributed by atoms with Crippen molar-refractivity contribution in [3.05, 3.63) is 11.6 Å². The lowest BCUT2D eigenvalue weighted by atomic mass is 9.47. The van der Waals surface area contributed by atoms with Crippen molar-refractivity contribution in [2.45, 2.75) is 169 Å². The molecule has 0 spiro atoms. The molecule has 62 heavy (non-hydrogen) atoms. The van der Waals surface area contributed by atoms with E-state index in [4.69, 9.17) is 10.2 Å². The van der Waals surface area contributed by atoms with Crippen LogP contribution in [0.4, 0.5) is 0 Å². The quantitative estimate of drug-likeness (QED) is 0.0339. The van der Waals surface area contributed by atoms with Crippen molar-refractivity contribution in [1.29, 1.82) is 0 Å². The summed E-state index contributed by atoms with van der Waals surface area (Å²) in [5.74, 6) is 0.496. The third-order valence-electron chi connectivity index (χ3n) is 15.5. The number of carbonyl (C=O) groups excluding carboxylic acids is 3. The Labute approximate surface area is 370 Å². The van der Waals surface area contributed by atoms with E-state index in [2.05, 4.69) is 62.0 Å². The topological polar surface area (TPSA) is 214 Å². The largest absolute Gasteiger partial charge is 0.480 e. The first-order chi connectivity index (χ1) is 29.4. The Morgan fingerprint density at radius 2 is 1.32 bits per heavy atom. The summed E-state index contributed by atoms with van der Waals surface area (Å²) in [5.41, 5.74) is 2.57. The zero-order valence-electron chi connectivity index (χ0n) is 38.6. The molecule has 4 aliphatic carbocycles. The highest BCUT2D eigenvalue weighted by atomic mass is 16.4. The fraction of sp³-hybridized carbons (Fsp3) is 0.833. The van der Waals surface area contributed by atoms with Crippen molar-refractivity contribution in [2.75, 3.05) is 39.3 Å². The summed E-state index contributed by atoms with van der Waals surface area (Å²) in [6.45, 7) is 12.6. The molecule has 0 heterocycles. The molecule has 14 heteroatoms. The Balaban J connectivity index is 1.03. The zero-order chi connectivity index (χ0) is 45.5. The van der Waals surface area contributed by atoms with Crippen molar-refractivity contribution in [2.24, 2.45) is 46.3 Å². The molecule has 3 fully saturated rings. The van der Waals surface area contributed by atoms with E-state index in [1.807, 2.05) is 0 Å². The number of unbranched alkanes of at least 4 members (excludes halogenated alkanes) is 2. The van der Waals surface area contributed by atoms with Gasteiger partial charge in [0.1, 0.15) is 6.04 Å². The molecule has 0 aliphatic heterocycles. The van der Waals surface area contributed by atoms with Crippen LogP contribution in [-0.2, 0) is 28.8 Å². The third kappa shape index (κ3) is 14.8. The van der Waals surface area contributed by atoms with Crippen LogP contribution in [0.25, 0.3) is 0 Å². The van der Waals surface area contributed by atoms with Crippen molar-refractivity contribution >= 4 is 35.6 Å². The second-order valence-electron chi connectivity index (χ2n) is 20.2. The number of aliphatic carboxylic acids is 3. The maximum Gasteiger partial charge on any atom is 0.320 e. The predicted molar refractivity (Wildman–Crippen MR) is 239 cm³/mol. The Hall–Kier alpha value is -3.52. The van der Waals surface area contributed by atoms with Gasteiger partial charge < -0.3 is 36.6 Å². The van der Waals surface area contributed by atoms with Crippen LogP contribution in [0.15, 0.2) is 11.6 Å². The highest BCUT2D eigenvalue weighted by Gasteiger charge is 2.59. The number of carboxylic acid groups (broad SMARTS) is 3. The first-order valence-electron chi connectivity index (χ1n) is 24.1. The van der Waals surface area contributed by atoms with Gasteiger partial charge in [-0.15, -0.1) is 0 Å². The van der Waals surface area contributed by atoms with E-state index in [-0.39, 0.29) is 56.6 Å². The number of hydrogen-bond donors (Lipinski definition) is 7. The fourth-order valence-electron chi connectivity index (χ4n) is 12.2. The lowest BCUT2D eigenvalue weighted by molar-refractivity contribution is -0.149. The van der Waals surface area contributed by atoms with E-state index in [1.54, 1.807) is 5.57 Å². The molecule has 0 bridgehead atoms. The minimum absolute atomic E-state index is 0.0218. The van der Waals surface area contributed by atoms with E-state index < -0.39 is 37.0 Å². The molecule has 0 aromatic carbocycles. The van der Waals surface area contributed by atoms with Gasteiger partial charge in [0.2, 0.25) is 17.7 Å². The van der Waals surface area contributed by atoms with Gasteiger partial charge in [-0.25, -0.2) is 0 Å². The van der Waals surface area contributed by atoms with Gasteiger partial charge >= 0.3 is 17.9 Å². The summed E-state index contributed by atoms with van der Waals surface area (Å²) in [5, 5.41) is 39.5. The van der Waals surface area contributed by atoms with Gasteiger partial charge in [-0.1, -0.05) is 65.5 Å². The number of hydrogen-bond acceptors (Lipinski definition) is 8. The number of carbonyl (C=O) groups is 6. The minimum atomic E-state index is -1.33. The maximum atomic E-state index is 12.4. The van der Waals surface area contributed by atoms with E-state index in [1.165, 1.54) is 64.2 Å². The van der Waals surface area contributed by atoms with Crippen LogP contribution < -0.4 is 21.3 Å². The second kappa shape index (κ2) is 24.5. The molecule has 3 saturated carbocycles. The van der Waals surface area contributed by atoms with Gasteiger partial charge in [0.05, 0.1) is 13.1 Å². The van der Waals surface area contributed by atoms with Crippen LogP contribution in [0.2, 0.25) is 0 Å². The highest BCUT2D eigenvalue weighted by Crippen LogP contribution is 2.67. The first kappa shape index (κ1) is 51.1. The van der Waals surface area contributed by atoms with E-state index in [0.717, 1.165) is 66.2 Å². The molecule has 0 aromatic rings. The average Bonchev–Trinajstić information content (AvgIpc) is 3.55. The number of fused-ring (bicyclic) bond motifs is 5. The van der Waals surface area contributed by atoms with E-state index in [0.29, 0.717) is 36.1 Å². The van der Waals surface area contributed by atoms with Crippen LogP contribution in [-0.4, -0.2) is 107 Å². The van der Waals surface area contributed by atoms with E-state index >= 15 is 0 Å². The SMILES string of the molecule is CC(C)CCCC(C)C1CCC2C3CC=C4CC(NCCCCC(=O)NCCC(=O)NCCC(=O)NCCCCC(C(=O)O)N(CC(=O)O)CC(=O)O)CCC4(C)C3CCC12C. The lowest BCUT2D eigenvalue weighted by Crippen LogP contribution is -2.51. The molecule has 0 radical (unpaired) electrons. The molecule has 9 atom stereocenters. The van der Waals surface area contributed by atoms with Crippen LogP contribution in [0.1, 0.15) is 157 Å². The van der Waals surface area contributed by atoms with Crippen LogP contribution in [0, 0.1) is 46.3 Å². The average molecular weight is 872 g/mol. The van der Waals surface area contributed by atoms with Gasteiger partial charge in [-0.3, -0.25) is 33.7 Å². The number of nitrogens with one attached hydrogen (secondary N) is 4. The van der Waals surface area contributed by atoms with Gasteiger partial charge in [0.15, 0.2) is 0 Å². The molecular weight excluding hydrogens is 791 g/mol. The smallest absolute Gasteiger partial charge is 0.320 e. The molecule has 14 nitrogen and oxygen atoms in total. The summed E-state index contributed by atoms with van der Waals surface area (Å²) in [7, 11) is 0. The minimum Gasteiger partial charge on any atom is -0.480 e. The van der Waals surface area contributed by atoms with Gasteiger partial charge in [-0.05, 0) is 136 Å². The van der Waals surface area contributed by atoms with E-state index in [9.17, 15) is 33.9 Å². The Bertz CT molecular complexity index is 1540. The van der Waals surface area contributed by atoms with Crippen molar-refractivity contribution < 1.29 is 44.1 Å². The molecule has 352 valence electrons. The monoisotopic (exact) mass is 872 g/mol. The third-order valence-corrected chi connectivity index (χ3v) is 15.5. The maximum absolute atomic E-state index is 12.4. The lowest BCUT2D eigenvalue weighted by Gasteiger charge is -2.58. The number of allylic oxidation sites excluding steroid dienone is 1.